The molecule has 0 saturated heterocycles. The monoisotopic (exact) mass is 252 g/mol. The molecular weight excluding hydrogens is 232 g/mol. The second-order valence-corrected chi connectivity index (χ2v) is 3.96. The molecule has 1 unspecified atom stereocenters. The van der Waals surface area contributed by atoms with Crippen LogP contribution in [0.3, 0.4) is 0 Å². The average Bonchev–Trinajstić information content (AvgIpc) is 2.37. The van der Waals surface area contributed by atoms with Crippen LogP contribution in [0.15, 0.2) is 24.3 Å². The Hall–Kier alpha value is -1.59. The Balaban J connectivity index is 2.80. The molecule has 0 radical (unpaired) electrons. The Morgan fingerprint density at radius 3 is 2.78 bits per heavy atom. The first kappa shape index (κ1) is 14.5. The summed E-state index contributed by atoms with van der Waals surface area (Å²) in [4.78, 5) is 13.7. The van der Waals surface area contributed by atoms with E-state index in [2.05, 4.69) is 0 Å². The fraction of sp³-hybridized carbons (Fsp3) is 0.462. The van der Waals surface area contributed by atoms with Gasteiger partial charge in [0.05, 0.1) is 12.5 Å². The van der Waals surface area contributed by atoms with Gasteiger partial charge in [0.1, 0.15) is 5.75 Å². The number of benzene rings is 1. The number of carbonyl (C=O) groups excluding carboxylic acids is 1. The van der Waals surface area contributed by atoms with E-state index in [-0.39, 0.29) is 24.2 Å². The van der Waals surface area contributed by atoms with Crippen molar-refractivity contribution < 1.29 is 14.6 Å². The second kappa shape index (κ2) is 6.98. The van der Waals surface area contributed by atoms with Gasteiger partial charge in [0.15, 0.2) is 0 Å². The molecule has 1 atom stereocenters. The molecule has 0 aliphatic rings. The van der Waals surface area contributed by atoms with E-state index in [0.717, 1.165) is 0 Å². The predicted octanol–water partition coefficient (Wildman–Crippen LogP) is 1.11. The van der Waals surface area contributed by atoms with Crippen molar-refractivity contribution in [2.45, 2.75) is 19.4 Å². The van der Waals surface area contributed by atoms with Crippen LogP contribution in [0, 0.1) is 0 Å². The summed E-state index contributed by atoms with van der Waals surface area (Å²) in [5, 5.41) is 9.43. The largest absolute Gasteiger partial charge is 0.508 e. The van der Waals surface area contributed by atoms with Crippen LogP contribution >= 0.6 is 0 Å². The molecule has 0 aliphatic heterocycles. The van der Waals surface area contributed by atoms with Crippen molar-refractivity contribution in [2.75, 3.05) is 25.1 Å². The van der Waals surface area contributed by atoms with Gasteiger partial charge in [0.25, 0.3) is 0 Å². The van der Waals surface area contributed by atoms with Crippen molar-refractivity contribution in [1.82, 2.24) is 0 Å². The minimum absolute atomic E-state index is 0.0691. The van der Waals surface area contributed by atoms with Crippen LogP contribution in [-0.2, 0) is 9.53 Å². The summed E-state index contributed by atoms with van der Waals surface area (Å²) in [5.74, 6) is 0.0706. The van der Waals surface area contributed by atoms with Gasteiger partial charge in [0, 0.05) is 32.0 Å². The number of phenolic OH excluding ortho intramolecular Hbond substituents is 1. The van der Waals surface area contributed by atoms with Crippen LogP contribution in [0.1, 0.15) is 13.3 Å². The molecule has 5 heteroatoms. The number of nitrogens with two attached hydrogens (primary N) is 1. The van der Waals surface area contributed by atoms with Gasteiger partial charge in [-0.1, -0.05) is 6.07 Å². The lowest BCUT2D eigenvalue weighted by Crippen LogP contribution is -2.36. The highest BCUT2D eigenvalue weighted by Gasteiger charge is 2.18. The summed E-state index contributed by atoms with van der Waals surface area (Å²) in [6.45, 7) is 2.72. The van der Waals surface area contributed by atoms with Gasteiger partial charge in [0.2, 0.25) is 5.91 Å². The predicted molar refractivity (Wildman–Crippen MR) is 70.6 cm³/mol. The molecule has 0 bridgehead atoms. The Bertz CT molecular complexity index is 392. The van der Waals surface area contributed by atoms with Crippen LogP contribution in [0.2, 0.25) is 0 Å². The minimum Gasteiger partial charge on any atom is -0.508 e. The van der Waals surface area contributed by atoms with Gasteiger partial charge in [-0.3, -0.25) is 4.79 Å². The number of nitrogens with zero attached hydrogens (tertiary/aromatic N) is 1. The van der Waals surface area contributed by atoms with Gasteiger partial charge in [-0.15, -0.1) is 0 Å². The standard InChI is InChI=1S/C13H20N2O3/c1-3-15(10-5-4-6-11(16)7-10)13(17)8-12(9-14)18-2/h4-7,12,16H,3,8-9,14H2,1-2H3. The number of amides is 1. The van der Waals surface area contributed by atoms with Crippen LogP contribution in [-0.4, -0.2) is 37.3 Å². The van der Waals surface area contributed by atoms with Crippen molar-refractivity contribution in [1.29, 1.82) is 0 Å². The first-order valence-corrected chi connectivity index (χ1v) is 5.94. The van der Waals surface area contributed by atoms with E-state index in [0.29, 0.717) is 18.8 Å². The molecule has 0 heterocycles. The lowest BCUT2D eigenvalue weighted by Gasteiger charge is -2.23. The maximum atomic E-state index is 12.1. The van der Waals surface area contributed by atoms with Gasteiger partial charge < -0.3 is 20.5 Å². The summed E-state index contributed by atoms with van der Waals surface area (Å²) in [7, 11) is 1.54. The number of methoxy groups -OCH3 is 1. The van der Waals surface area contributed by atoms with Crippen molar-refractivity contribution in [3.05, 3.63) is 24.3 Å². The minimum atomic E-state index is -0.274. The highest BCUT2D eigenvalue weighted by molar-refractivity contribution is 5.93. The number of hydrogen-bond acceptors (Lipinski definition) is 4. The summed E-state index contributed by atoms with van der Waals surface area (Å²) >= 11 is 0. The summed E-state index contributed by atoms with van der Waals surface area (Å²) < 4.78 is 5.10. The normalized spacial score (nSPS) is 12.2. The van der Waals surface area contributed by atoms with Crippen molar-refractivity contribution in [3.63, 3.8) is 0 Å². The van der Waals surface area contributed by atoms with E-state index >= 15 is 0 Å². The number of ether oxygens (including phenoxy) is 1. The molecule has 3 N–H and O–H groups in total. The lowest BCUT2D eigenvalue weighted by atomic mass is 10.2. The summed E-state index contributed by atoms with van der Waals surface area (Å²) in [6, 6.07) is 6.62. The topological polar surface area (TPSA) is 75.8 Å². The maximum Gasteiger partial charge on any atom is 0.229 e. The quantitative estimate of drug-likeness (QED) is 0.795. The van der Waals surface area contributed by atoms with Gasteiger partial charge in [-0.2, -0.15) is 0 Å². The molecule has 1 aromatic rings. The van der Waals surface area contributed by atoms with Crippen LogP contribution in [0.4, 0.5) is 5.69 Å². The molecule has 5 nitrogen and oxygen atoms in total. The van der Waals surface area contributed by atoms with E-state index in [4.69, 9.17) is 10.5 Å². The number of carbonyl (C=O) groups is 1. The Kier molecular flexibility index (Phi) is 5.61. The molecule has 18 heavy (non-hydrogen) atoms. The zero-order chi connectivity index (χ0) is 13.5. The van der Waals surface area contributed by atoms with Crippen molar-refractivity contribution in [2.24, 2.45) is 5.73 Å². The zero-order valence-corrected chi connectivity index (χ0v) is 10.8. The van der Waals surface area contributed by atoms with Gasteiger partial charge in [-0.05, 0) is 19.1 Å². The number of rotatable bonds is 6. The molecule has 1 rings (SSSR count). The third kappa shape index (κ3) is 3.72. The fourth-order valence-corrected chi connectivity index (χ4v) is 1.73. The Labute approximate surface area is 107 Å². The number of anilines is 1. The third-order valence-corrected chi connectivity index (χ3v) is 2.76. The SMILES string of the molecule is CCN(C(=O)CC(CN)OC)c1cccc(O)c1. The molecular formula is C13H20N2O3. The molecule has 1 amide bonds. The van der Waals surface area contributed by atoms with Crippen LogP contribution in [0.25, 0.3) is 0 Å². The van der Waals surface area contributed by atoms with Crippen molar-refractivity contribution >= 4 is 11.6 Å². The molecule has 0 saturated carbocycles. The average molecular weight is 252 g/mol. The molecule has 0 spiro atoms. The first-order chi connectivity index (χ1) is 8.62. The maximum absolute atomic E-state index is 12.1. The van der Waals surface area contributed by atoms with E-state index in [1.54, 1.807) is 29.2 Å². The highest BCUT2D eigenvalue weighted by Crippen LogP contribution is 2.21. The molecule has 0 aliphatic carbocycles. The molecule has 0 fully saturated rings. The zero-order valence-electron chi connectivity index (χ0n) is 10.8. The van der Waals surface area contributed by atoms with Crippen molar-refractivity contribution in [3.8, 4) is 5.75 Å². The fourth-order valence-electron chi connectivity index (χ4n) is 1.73. The van der Waals surface area contributed by atoms with E-state index in [9.17, 15) is 9.90 Å². The number of phenols is 1. The van der Waals surface area contributed by atoms with E-state index in [1.807, 2.05) is 6.92 Å². The van der Waals surface area contributed by atoms with Crippen LogP contribution in [0.5, 0.6) is 5.75 Å². The molecule has 1 aromatic carbocycles. The van der Waals surface area contributed by atoms with Gasteiger partial charge >= 0.3 is 0 Å². The van der Waals surface area contributed by atoms with E-state index in [1.165, 1.54) is 7.11 Å². The molecule has 100 valence electrons. The molecule has 0 aromatic heterocycles. The summed E-state index contributed by atoms with van der Waals surface area (Å²) in [5.41, 5.74) is 6.18. The Morgan fingerprint density at radius 1 is 1.56 bits per heavy atom. The van der Waals surface area contributed by atoms with Gasteiger partial charge in [-0.25, -0.2) is 0 Å². The smallest absolute Gasteiger partial charge is 0.229 e. The second-order valence-electron chi connectivity index (χ2n) is 3.96. The Morgan fingerprint density at radius 2 is 2.28 bits per heavy atom. The number of hydrogen-bond donors (Lipinski definition) is 2. The number of aromatic hydroxyl groups is 1. The lowest BCUT2D eigenvalue weighted by molar-refractivity contribution is -0.120. The van der Waals surface area contributed by atoms with Crippen LogP contribution < -0.4 is 10.6 Å². The summed E-state index contributed by atoms with van der Waals surface area (Å²) in [6.07, 6.45) is -0.0416. The first-order valence-electron chi connectivity index (χ1n) is 5.94. The highest BCUT2D eigenvalue weighted by atomic mass is 16.5. The third-order valence-electron chi connectivity index (χ3n) is 2.76. The van der Waals surface area contributed by atoms with E-state index < -0.39 is 0 Å².